The zero-order chi connectivity index (χ0) is 25.4. The second-order valence-corrected chi connectivity index (χ2v) is 11.2. The molecule has 186 valence electrons. The van der Waals surface area contributed by atoms with Crippen molar-refractivity contribution in [3.8, 4) is 5.75 Å². The van der Waals surface area contributed by atoms with Crippen molar-refractivity contribution in [3.63, 3.8) is 0 Å². The van der Waals surface area contributed by atoms with Gasteiger partial charge >= 0.3 is 0 Å². The van der Waals surface area contributed by atoms with Crippen molar-refractivity contribution in [2.45, 2.75) is 24.8 Å². The van der Waals surface area contributed by atoms with Crippen molar-refractivity contribution >= 4 is 38.1 Å². The predicted octanol–water partition coefficient (Wildman–Crippen LogP) is 6.28. The normalized spacial score (nSPS) is 14.7. The Hall–Kier alpha value is -3.13. The van der Waals surface area contributed by atoms with Crippen LogP contribution in [0.1, 0.15) is 23.2 Å². The van der Waals surface area contributed by atoms with Gasteiger partial charge in [0.1, 0.15) is 11.6 Å². The van der Waals surface area contributed by atoms with E-state index in [1.54, 1.807) is 18.2 Å². The highest BCUT2D eigenvalue weighted by Gasteiger charge is 2.28. The number of halogens is 2. The molecule has 1 aliphatic heterocycles. The average Bonchev–Trinajstić information content (AvgIpc) is 3.16. The third-order valence-electron chi connectivity index (χ3n) is 6.74. The molecule has 2 heterocycles. The van der Waals surface area contributed by atoms with Crippen molar-refractivity contribution in [1.29, 1.82) is 0 Å². The molecule has 0 atom stereocenters. The van der Waals surface area contributed by atoms with E-state index in [-0.39, 0.29) is 22.3 Å². The molecule has 8 heteroatoms. The van der Waals surface area contributed by atoms with Crippen LogP contribution >= 0.6 is 11.6 Å². The Morgan fingerprint density at radius 1 is 1.06 bits per heavy atom. The topological polar surface area (TPSA) is 51.5 Å². The summed E-state index contributed by atoms with van der Waals surface area (Å²) in [5, 5.41) is 1.39. The van der Waals surface area contributed by atoms with Gasteiger partial charge in [-0.15, -0.1) is 0 Å². The molecule has 0 saturated heterocycles. The molecular weight excluding hydrogens is 499 g/mol. The second-order valence-electron chi connectivity index (χ2n) is 8.83. The maximum Gasteiger partial charge on any atom is 0.243 e. The van der Waals surface area contributed by atoms with E-state index >= 15 is 0 Å². The molecule has 5 rings (SSSR count). The summed E-state index contributed by atoms with van der Waals surface area (Å²) in [6, 6.07) is 19.3. The van der Waals surface area contributed by atoms with E-state index in [0.29, 0.717) is 25.3 Å². The van der Waals surface area contributed by atoms with E-state index in [9.17, 15) is 12.8 Å². The Kier molecular flexibility index (Phi) is 6.64. The van der Waals surface area contributed by atoms with Gasteiger partial charge in [0.25, 0.3) is 0 Å². The van der Waals surface area contributed by atoms with Gasteiger partial charge in [0.2, 0.25) is 10.0 Å². The first kappa shape index (κ1) is 24.6. The number of aromatic nitrogens is 1. The highest BCUT2D eigenvalue weighted by atomic mass is 35.5. The highest BCUT2D eigenvalue weighted by molar-refractivity contribution is 7.89. The Morgan fingerprint density at radius 3 is 2.47 bits per heavy atom. The Morgan fingerprint density at radius 2 is 1.81 bits per heavy atom. The summed E-state index contributed by atoms with van der Waals surface area (Å²) in [5.74, 6) is 0.182. The lowest BCUT2D eigenvalue weighted by atomic mass is 9.97. The number of para-hydroxylation sites is 1. The molecule has 0 amide bonds. The highest BCUT2D eigenvalue weighted by Crippen LogP contribution is 2.36. The predicted molar refractivity (Wildman–Crippen MR) is 142 cm³/mol. The standard InChI is InChI=1S/C28H26ClFN2O3S/c1-19-28(24-5-3-4-6-26(24)32(19)18-20-7-9-22(30)10-8-20)21-13-15-31(16-14-21)36(33,34)23-11-12-27(35-2)25(29)17-23/h3-13,17H,14-16,18H2,1-2H3. The summed E-state index contributed by atoms with van der Waals surface area (Å²) in [7, 11) is -2.20. The first-order valence-corrected chi connectivity index (χ1v) is 13.5. The van der Waals surface area contributed by atoms with Crippen molar-refractivity contribution in [1.82, 2.24) is 8.87 Å². The van der Waals surface area contributed by atoms with Crippen LogP contribution in [0.3, 0.4) is 0 Å². The van der Waals surface area contributed by atoms with E-state index in [4.69, 9.17) is 16.3 Å². The van der Waals surface area contributed by atoms with Crippen LogP contribution in [0.25, 0.3) is 16.5 Å². The molecule has 1 aliphatic rings. The zero-order valence-corrected chi connectivity index (χ0v) is 21.6. The van der Waals surface area contributed by atoms with Crippen LogP contribution in [0.2, 0.25) is 5.02 Å². The van der Waals surface area contributed by atoms with Crippen molar-refractivity contribution in [3.05, 3.63) is 100 Å². The lowest BCUT2D eigenvalue weighted by Gasteiger charge is -2.26. The van der Waals surface area contributed by atoms with Crippen LogP contribution in [-0.2, 0) is 16.6 Å². The minimum Gasteiger partial charge on any atom is -0.495 e. The van der Waals surface area contributed by atoms with E-state index < -0.39 is 10.0 Å². The second kappa shape index (κ2) is 9.73. The van der Waals surface area contributed by atoms with Gasteiger partial charge in [0, 0.05) is 41.8 Å². The minimum atomic E-state index is -3.69. The smallest absolute Gasteiger partial charge is 0.243 e. The van der Waals surface area contributed by atoms with Gasteiger partial charge in [-0.3, -0.25) is 0 Å². The number of benzene rings is 3. The molecule has 0 bridgehead atoms. The third-order valence-corrected chi connectivity index (χ3v) is 8.90. The number of rotatable bonds is 6. The minimum absolute atomic E-state index is 0.150. The summed E-state index contributed by atoms with van der Waals surface area (Å²) >= 11 is 6.18. The number of ether oxygens (including phenoxy) is 1. The van der Waals surface area contributed by atoms with Crippen LogP contribution in [0.5, 0.6) is 5.75 Å². The molecule has 0 saturated carbocycles. The van der Waals surface area contributed by atoms with Crippen LogP contribution < -0.4 is 4.74 Å². The third kappa shape index (κ3) is 4.43. The molecule has 4 aromatic rings. The SMILES string of the molecule is COc1ccc(S(=O)(=O)N2CC=C(c3c(C)n(Cc4ccc(F)cc4)c4ccccc34)CC2)cc1Cl. The number of fused-ring (bicyclic) bond motifs is 1. The Bertz CT molecular complexity index is 1580. The van der Waals surface area contributed by atoms with Gasteiger partial charge < -0.3 is 9.30 Å². The van der Waals surface area contributed by atoms with E-state index in [1.165, 1.54) is 35.7 Å². The van der Waals surface area contributed by atoms with Gasteiger partial charge in [-0.05, 0) is 60.9 Å². The van der Waals surface area contributed by atoms with Gasteiger partial charge in [-0.2, -0.15) is 4.31 Å². The summed E-state index contributed by atoms with van der Waals surface area (Å²) in [5.41, 5.74) is 5.47. The van der Waals surface area contributed by atoms with Crippen LogP contribution in [0, 0.1) is 12.7 Å². The molecule has 0 radical (unpaired) electrons. The molecule has 0 aliphatic carbocycles. The fourth-order valence-electron chi connectivity index (χ4n) is 4.86. The van der Waals surface area contributed by atoms with Crippen LogP contribution in [-0.4, -0.2) is 37.5 Å². The summed E-state index contributed by atoms with van der Waals surface area (Å²) in [6.07, 6.45) is 2.59. The molecule has 1 aromatic heterocycles. The van der Waals surface area contributed by atoms with E-state index in [2.05, 4.69) is 23.6 Å². The number of sulfonamides is 1. The molecule has 0 N–H and O–H groups in total. The van der Waals surface area contributed by atoms with E-state index in [1.807, 2.05) is 18.2 Å². The first-order valence-electron chi connectivity index (χ1n) is 11.6. The van der Waals surface area contributed by atoms with Crippen molar-refractivity contribution in [2.24, 2.45) is 0 Å². The Labute approximate surface area is 215 Å². The number of methoxy groups -OCH3 is 1. The summed E-state index contributed by atoms with van der Waals surface area (Å²) < 4.78 is 48.8. The zero-order valence-electron chi connectivity index (χ0n) is 20.0. The average molecular weight is 525 g/mol. The molecule has 0 fully saturated rings. The van der Waals surface area contributed by atoms with Crippen LogP contribution in [0.15, 0.2) is 77.7 Å². The number of hydrogen-bond acceptors (Lipinski definition) is 3. The maximum absolute atomic E-state index is 13.4. The fourth-order valence-corrected chi connectivity index (χ4v) is 6.59. The van der Waals surface area contributed by atoms with Gasteiger partial charge in [-0.25, -0.2) is 12.8 Å². The lowest BCUT2D eigenvalue weighted by Crippen LogP contribution is -2.34. The monoisotopic (exact) mass is 524 g/mol. The molecule has 5 nitrogen and oxygen atoms in total. The fraction of sp³-hybridized carbons (Fsp3) is 0.214. The maximum atomic E-state index is 13.4. The lowest BCUT2D eigenvalue weighted by molar-refractivity contribution is 0.414. The quantitative estimate of drug-likeness (QED) is 0.298. The molecular formula is C28H26ClFN2O3S. The molecule has 0 spiro atoms. The Balaban J connectivity index is 1.46. The summed E-state index contributed by atoms with van der Waals surface area (Å²) in [4.78, 5) is 0.150. The number of hydrogen-bond donors (Lipinski definition) is 0. The summed E-state index contributed by atoms with van der Waals surface area (Å²) in [6.45, 7) is 3.35. The largest absolute Gasteiger partial charge is 0.495 e. The number of nitrogens with zero attached hydrogens (tertiary/aromatic N) is 2. The van der Waals surface area contributed by atoms with Gasteiger partial charge in [-0.1, -0.05) is 48.0 Å². The van der Waals surface area contributed by atoms with Crippen molar-refractivity contribution in [2.75, 3.05) is 20.2 Å². The first-order chi connectivity index (χ1) is 17.3. The van der Waals surface area contributed by atoms with E-state index in [0.717, 1.165) is 33.3 Å². The van der Waals surface area contributed by atoms with Crippen molar-refractivity contribution < 1.29 is 17.5 Å². The molecule has 36 heavy (non-hydrogen) atoms. The molecule has 3 aromatic carbocycles. The molecule has 0 unspecified atom stereocenters. The van der Waals surface area contributed by atoms with Gasteiger partial charge in [0.05, 0.1) is 17.0 Å². The van der Waals surface area contributed by atoms with Crippen LogP contribution in [0.4, 0.5) is 4.39 Å². The van der Waals surface area contributed by atoms with Gasteiger partial charge in [0.15, 0.2) is 0 Å².